The standard InChI is InChI=1S/C52H86O2/c53-52(54-45-46-37-29-21-13-5-1-6-14-22-30-38-46)51(49-43-35-27-19-11-4-12-20-28-36-44-49)50(47-39-31-23-15-7-2-8-16-24-32-40-47)48-41-33-25-17-9-3-10-18-26-34-42-48/h37,39,41,43H,1-36,38,40,42,44-45H2/b46-37+,47-39+,48-41+,49-43-. The number of esters is 1. The first-order chi connectivity index (χ1) is 26.8. The van der Waals surface area contributed by atoms with Crippen LogP contribution in [0.1, 0.15) is 257 Å². The maximum Gasteiger partial charge on any atom is 0.339 e. The first-order valence-corrected chi connectivity index (χ1v) is 24.5. The smallest absolute Gasteiger partial charge is 0.339 e. The molecule has 306 valence electrons. The fourth-order valence-corrected chi connectivity index (χ4v) is 9.63. The van der Waals surface area contributed by atoms with Gasteiger partial charge in [0, 0.05) is 0 Å². The number of rotatable bonds is 6. The molecule has 4 aliphatic carbocycles. The molecule has 0 unspecified atom stereocenters. The largest absolute Gasteiger partial charge is 0.458 e. The number of ether oxygens (including phenoxy) is 1. The molecule has 2 nitrogen and oxygen atoms in total. The number of hydrogen-bond donors (Lipinski definition) is 0. The fourth-order valence-electron chi connectivity index (χ4n) is 9.63. The molecule has 0 aromatic rings. The number of carbonyl (C=O) groups is 1. The summed E-state index contributed by atoms with van der Waals surface area (Å²) in [6.07, 6.45) is 61.4. The molecule has 0 saturated carbocycles. The molecule has 0 radical (unpaired) electrons. The summed E-state index contributed by atoms with van der Waals surface area (Å²) in [6, 6.07) is 0. The van der Waals surface area contributed by atoms with Crippen molar-refractivity contribution in [1.82, 2.24) is 0 Å². The van der Waals surface area contributed by atoms with Gasteiger partial charge < -0.3 is 4.74 Å². The Morgan fingerprint density at radius 1 is 0.352 bits per heavy atom. The lowest BCUT2D eigenvalue weighted by Gasteiger charge is -2.24. The van der Waals surface area contributed by atoms with Gasteiger partial charge in [0.1, 0.15) is 6.61 Å². The minimum absolute atomic E-state index is 0.0191. The fraction of sp³-hybridized carbons (Fsp3) is 0.788. The molecule has 0 aromatic carbocycles. The number of hydrogen-bond acceptors (Lipinski definition) is 2. The predicted molar refractivity (Wildman–Crippen MR) is 235 cm³/mol. The van der Waals surface area contributed by atoms with Crippen LogP contribution in [0.5, 0.6) is 0 Å². The summed E-state index contributed by atoms with van der Waals surface area (Å²) in [5.41, 5.74) is 7.98. The van der Waals surface area contributed by atoms with E-state index in [-0.39, 0.29) is 5.97 Å². The third-order valence-electron chi connectivity index (χ3n) is 13.1. The molecule has 0 atom stereocenters. The highest BCUT2D eigenvalue weighted by Gasteiger charge is 2.26. The second kappa shape index (κ2) is 30.3. The van der Waals surface area contributed by atoms with Crippen molar-refractivity contribution in [3.05, 3.63) is 57.7 Å². The molecule has 54 heavy (non-hydrogen) atoms. The quantitative estimate of drug-likeness (QED) is 0.154. The van der Waals surface area contributed by atoms with Gasteiger partial charge in [0.2, 0.25) is 0 Å². The predicted octanol–water partition coefficient (Wildman–Crippen LogP) is 17.2. The Morgan fingerprint density at radius 3 is 1.06 bits per heavy atom. The van der Waals surface area contributed by atoms with Gasteiger partial charge in [-0.25, -0.2) is 4.79 Å². The van der Waals surface area contributed by atoms with Crippen LogP contribution >= 0.6 is 0 Å². The highest BCUT2D eigenvalue weighted by atomic mass is 16.5. The molecule has 2 heteroatoms. The van der Waals surface area contributed by atoms with Gasteiger partial charge in [-0.05, 0) is 131 Å². The molecule has 4 aliphatic rings. The Morgan fingerprint density at radius 2 is 0.648 bits per heavy atom. The van der Waals surface area contributed by atoms with Gasteiger partial charge in [0.15, 0.2) is 0 Å². The average Bonchev–Trinajstić information content (AvgIpc) is 3.15. The molecular weight excluding hydrogens is 657 g/mol. The van der Waals surface area contributed by atoms with E-state index in [9.17, 15) is 0 Å². The maximum absolute atomic E-state index is 15.2. The van der Waals surface area contributed by atoms with Crippen LogP contribution in [0.3, 0.4) is 0 Å². The molecular formula is C52H86O2. The lowest BCUT2D eigenvalue weighted by molar-refractivity contribution is -0.137. The van der Waals surface area contributed by atoms with E-state index in [4.69, 9.17) is 4.74 Å². The van der Waals surface area contributed by atoms with Crippen molar-refractivity contribution < 1.29 is 9.53 Å². The maximum atomic E-state index is 15.2. The number of allylic oxidation sites excluding steroid dienone is 7. The SMILES string of the molecule is O=C(OC/C1=C/CCCCCCCCCC1)C(=C(C1=C/CCCCCCCCCC\1)/C1=C/CCCCCCCCCC1)/C1=C\CCCCCCCCCC1. The summed E-state index contributed by atoms with van der Waals surface area (Å²) in [5, 5.41) is 0. The van der Waals surface area contributed by atoms with Crippen molar-refractivity contribution in [2.75, 3.05) is 6.61 Å². The summed E-state index contributed by atoms with van der Waals surface area (Å²) in [4.78, 5) is 15.2. The van der Waals surface area contributed by atoms with Gasteiger partial charge in [-0.2, -0.15) is 0 Å². The van der Waals surface area contributed by atoms with Crippen LogP contribution in [0, 0.1) is 0 Å². The van der Waals surface area contributed by atoms with Gasteiger partial charge in [0.25, 0.3) is 0 Å². The first-order valence-electron chi connectivity index (χ1n) is 24.5. The summed E-state index contributed by atoms with van der Waals surface area (Å²) < 4.78 is 6.67. The lowest BCUT2D eigenvalue weighted by Crippen LogP contribution is -2.17. The summed E-state index contributed by atoms with van der Waals surface area (Å²) in [7, 11) is 0. The van der Waals surface area contributed by atoms with Crippen molar-refractivity contribution in [3.8, 4) is 0 Å². The molecule has 0 heterocycles. The topological polar surface area (TPSA) is 26.3 Å². The Labute approximate surface area is 335 Å². The molecule has 0 N–H and O–H groups in total. The molecule has 0 fully saturated rings. The average molecular weight is 743 g/mol. The molecule has 0 aliphatic heterocycles. The molecule has 4 rings (SSSR count). The van der Waals surface area contributed by atoms with E-state index >= 15 is 4.79 Å². The van der Waals surface area contributed by atoms with Crippen molar-refractivity contribution in [2.45, 2.75) is 257 Å². The van der Waals surface area contributed by atoms with E-state index in [0.29, 0.717) is 6.61 Å². The van der Waals surface area contributed by atoms with Crippen LogP contribution in [-0.4, -0.2) is 12.6 Å². The molecule has 0 spiro atoms. The normalized spacial score (nSPS) is 26.9. The van der Waals surface area contributed by atoms with Crippen molar-refractivity contribution in [1.29, 1.82) is 0 Å². The van der Waals surface area contributed by atoms with Crippen LogP contribution in [-0.2, 0) is 9.53 Å². The Balaban J connectivity index is 1.80. The van der Waals surface area contributed by atoms with Crippen LogP contribution in [0.2, 0.25) is 0 Å². The van der Waals surface area contributed by atoms with Gasteiger partial charge in [-0.15, -0.1) is 0 Å². The molecule has 0 amide bonds. The Hall–Kier alpha value is -1.83. The van der Waals surface area contributed by atoms with Crippen LogP contribution in [0.25, 0.3) is 0 Å². The second-order valence-electron chi connectivity index (χ2n) is 17.8. The minimum Gasteiger partial charge on any atom is -0.458 e. The Kier molecular flexibility index (Phi) is 25.2. The van der Waals surface area contributed by atoms with E-state index in [2.05, 4.69) is 24.3 Å². The minimum atomic E-state index is -0.0191. The zero-order valence-corrected chi connectivity index (χ0v) is 35.6. The molecule has 0 bridgehead atoms. The Bertz CT molecular complexity index is 1120. The van der Waals surface area contributed by atoms with Crippen LogP contribution in [0.15, 0.2) is 57.7 Å². The number of carbonyl (C=O) groups excluding carboxylic acids is 1. The van der Waals surface area contributed by atoms with Crippen molar-refractivity contribution >= 4 is 5.97 Å². The van der Waals surface area contributed by atoms with E-state index < -0.39 is 0 Å². The van der Waals surface area contributed by atoms with E-state index in [1.165, 1.54) is 233 Å². The van der Waals surface area contributed by atoms with E-state index in [1.54, 1.807) is 0 Å². The zero-order chi connectivity index (χ0) is 37.6. The molecule has 0 aromatic heterocycles. The second-order valence-corrected chi connectivity index (χ2v) is 17.8. The summed E-state index contributed by atoms with van der Waals surface area (Å²) >= 11 is 0. The van der Waals surface area contributed by atoms with Crippen molar-refractivity contribution in [3.63, 3.8) is 0 Å². The van der Waals surface area contributed by atoms with Gasteiger partial charge in [-0.1, -0.05) is 178 Å². The molecule has 0 saturated heterocycles. The van der Waals surface area contributed by atoms with Gasteiger partial charge in [0.05, 0.1) is 5.57 Å². The highest BCUT2D eigenvalue weighted by Crippen LogP contribution is 2.38. The van der Waals surface area contributed by atoms with E-state index in [1.807, 2.05) is 0 Å². The van der Waals surface area contributed by atoms with Gasteiger partial charge in [-0.3, -0.25) is 0 Å². The zero-order valence-electron chi connectivity index (χ0n) is 35.6. The van der Waals surface area contributed by atoms with Gasteiger partial charge >= 0.3 is 5.97 Å². The monoisotopic (exact) mass is 743 g/mol. The third-order valence-corrected chi connectivity index (χ3v) is 13.1. The highest BCUT2D eigenvalue weighted by molar-refractivity contribution is 5.96. The summed E-state index contributed by atoms with van der Waals surface area (Å²) in [5.74, 6) is -0.0191. The van der Waals surface area contributed by atoms with Crippen LogP contribution < -0.4 is 0 Å². The van der Waals surface area contributed by atoms with Crippen molar-refractivity contribution in [2.24, 2.45) is 0 Å². The summed E-state index contributed by atoms with van der Waals surface area (Å²) in [6.45, 7) is 0.473. The third kappa shape index (κ3) is 19.4. The first kappa shape index (κ1) is 44.9. The lowest BCUT2D eigenvalue weighted by atomic mass is 9.81. The van der Waals surface area contributed by atoms with E-state index in [0.717, 1.165) is 56.9 Å². The van der Waals surface area contributed by atoms with Crippen LogP contribution in [0.4, 0.5) is 0 Å².